The Morgan fingerprint density at radius 1 is 0.929 bits per heavy atom. The van der Waals surface area contributed by atoms with Gasteiger partial charge in [0.25, 0.3) is 5.69 Å². The highest BCUT2D eigenvalue weighted by Crippen LogP contribution is 2.55. The molecule has 0 unspecified atom stereocenters. The van der Waals surface area contributed by atoms with Crippen LogP contribution in [0.2, 0.25) is 0 Å². The molecule has 0 saturated carbocycles. The average molecular weight is 573 g/mol. The van der Waals surface area contributed by atoms with E-state index in [4.69, 9.17) is 4.74 Å². The molecule has 42 heavy (non-hydrogen) atoms. The summed E-state index contributed by atoms with van der Waals surface area (Å²) in [5, 5.41) is 20.6. The highest BCUT2D eigenvalue weighted by molar-refractivity contribution is 6.07. The van der Waals surface area contributed by atoms with Crippen LogP contribution in [0.25, 0.3) is 0 Å². The first kappa shape index (κ1) is 29.2. The lowest BCUT2D eigenvalue weighted by molar-refractivity contribution is -0.384. The Morgan fingerprint density at radius 2 is 1.48 bits per heavy atom. The number of hydrogen-bond donors (Lipinski definition) is 1. The van der Waals surface area contributed by atoms with E-state index in [1.165, 1.54) is 12.1 Å². The molecule has 1 heterocycles. The summed E-state index contributed by atoms with van der Waals surface area (Å²) < 4.78 is 6.27. The van der Waals surface area contributed by atoms with Crippen molar-refractivity contribution in [2.75, 3.05) is 6.54 Å². The van der Waals surface area contributed by atoms with Crippen molar-refractivity contribution in [3.05, 3.63) is 92.3 Å². The van der Waals surface area contributed by atoms with Crippen LogP contribution >= 0.6 is 0 Å². The summed E-state index contributed by atoms with van der Waals surface area (Å²) in [6.07, 6.45) is 1.70. The van der Waals surface area contributed by atoms with E-state index < -0.39 is 16.8 Å². The minimum absolute atomic E-state index is 0.00906. The fourth-order valence-electron chi connectivity index (χ4n) is 6.56. The number of Topliss-reactive ketones (excluding diaryl/α,β-unsaturated/α-hetero) is 2. The predicted octanol–water partition coefficient (Wildman–Crippen LogP) is 6.33. The van der Waals surface area contributed by atoms with E-state index >= 15 is 0 Å². The molecular formula is C33H36N2O7. The summed E-state index contributed by atoms with van der Waals surface area (Å²) in [4.78, 5) is 52.2. The van der Waals surface area contributed by atoms with Gasteiger partial charge in [0.15, 0.2) is 11.6 Å². The van der Waals surface area contributed by atoms with Gasteiger partial charge in [-0.2, -0.15) is 0 Å². The molecule has 0 aromatic heterocycles. The molecule has 2 aliphatic carbocycles. The topological polar surface area (TPSA) is 127 Å². The van der Waals surface area contributed by atoms with Gasteiger partial charge in [-0.05, 0) is 47.4 Å². The van der Waals surface area contributed by atoms with Gasteiger partial charge in [0.1, 0.15) is 12.4 Å². The molecule has 0 saturated heterocycles. The quantitative estimate of drug-likeness (QED) is 0.287. The van der Waals surface area contributed by atoms with Crippen LogP contribution in [0.3, 0.4) is 0 Å². The number of para-hydroxylation sites is 1. The summed E-state index contributed by atoms with van der Waals surface area (Å²) in [5.74, 6) is -1.12. The van der Waals surface area contributed by atoms with Gasteiger partial charge in [-0.1, -0.05) is 45.9 Å². The molecule has 0 radical (unpaired) electrons. The smallest absolute Gasteiger partial charge is 0.305 e. The Labute approximate surface area is 245 Å². The highest BCUT2D eigenvalue weighted by atomic mass is 16.6. The molecule has 3 aliphatic rings. The van der Waals surface area contributed by atoms with Gasteiger partial charge in [-0.15, -0.1) is 0 Å². The number of rotatable bonds is 8. The maximum absolute atomic E-state index is 14.0. The zero-order valence-corrected chi connectivity index (χ0v) is 24.4. The first-order valence-corrected chi connectivity index (χ1v) is 14.2. The van der Waals surface area contributed by atoms with Crippen LogP contribution in [0.15, 0.2) is 71.1 Å². The third kappa shape index (κ3) is 5.73. The van der Waals surface area contributed by atoms with Gasteiger partial charge in [-0.25, -0.2) is 0 Å². The molecule has 9 nitrogen and oxygen atoms in total. The monoisotopic (exact) mass is 572 g/mol. The van der Waals surface area contributed by atoms with Gasteiger partial charge < -0.3 is 14.7 Å². The number of ketones is 2. The van der Waals surface area contributed by atoms with Crippen LogP contribution in [-0.2, 0) is 21.0 Å². The van der Waals surface area contributed by atoms with Gasteiger partial charge in [0.2, 0.25) is 0 Å². The lowest BCUT2D eigenvalue weighted by atomic mass is 9.63. The molecule has 9 heteroatoms. The predicted molar refractivity (Wildman–Crippen MR) is 156 cm³/mol. The number of carboxylic acid groups (broad SMARTS) is 1. The van der Waals surface area contributed by atoms with Crippen molar-refractivity contribution < 1.29 is 29.2 Å². The van der Waals surface area contributed by atoms with Gasteiger partial charge in [0, 0.05) is 65.5 Å². The van der Waals surface area contributed by atoms with Crippen molar-refractivity contribution in [2.24, 2.45) is 10.8 Å². The van der Waals surface area contributed by atoms with Crippen molar-refractivity contribution in [3.8, 4) is 5.75 Å². The second-order valence-corrected chi connectivity index (χ2v) is 13.1. The third-order valence-corrected chi connectivity index (χ3v) is 8.34. The molecule has 1 N–H and O–H groups in total. The number of carbonyl (C=O) groups excluding carboxylic acids is 2. The number of non-ortho nitro benzene ring substituents is 1. The zero-order valence-electron chi connectivity index (χ0n) is 24.4. The van der Waals surface area contributed by atoms with E-state index in [0.717, 1.165) is 17.0 Å². The van der Waals surface area contributed by atoms with Crippen LogP contribution < -0.4 is 4.74 Å². The van der Waals surface area contributed by atoms with Crippen LogP contribution in [0.5, 0.6) is 5.75 Å². The summed E-state index contributed by atoms with van der Waals surface area (Å²) in [6, 6.07) is 13.5. The molecule has 0 spiro atoms. The molecule has 0 amide bonds. The number of carboxylic acids is 1. The lowest BCUT2D eigenvalue weighted by Crippen LogP contribution is -2.45. The summed E-state index contributed by atoms with van der Waals surface area (Å²) in [5.41, 5.74) is 3.51. The second-order valence-electron chi connectivity index (χ2n) is 13.1. The Kier molecular flexibility index (Phi) is 7.55. The minimum Gasteiger partial charge on any atom is -0.489 e. The Hall–Kier alpha value is -4.27. The Morgan fingerprint density at radius 3 is 2.00 bits per heavy atom. The number of ether oxygens (including phenoxy) is 1. The molecule has 0 fully saturated rings. The third-order valence-electron chi connectivity index (χ3n) is 8.34. The number of nitro benzene ring substituents is 1. The van der Waals surface area contributed by atoms with Crippen molar-refractivity contribution in [2.45, 2.75) is 72.3 Å². The summed E-state index contributed by atoms with van der Waals surface area (Å²) >= 11 is 0. The first-order valence-electron chi connectivity index (χ1n) is 14.2. The number of carbonyl (C=O) groups is 3. The molecule has 2 aromatic carbocycles. The van der Waals surface area contributed by atoms with Gasteiger partial charge in [0.05, 0.1) is 11.3 Å². The number of benzene rings is 2. The van der Waals surface area contributed by atoms with E-state index in [9.17, 15) is 29.6 Å². The average Bonchev–Trinajstić information content (AvgIpc) is 2.89. The van der Waals surface area contributed by atoms with Crippen molar-refractivity contribution in [3.63, 3.8) is 0 Å². The van der Waals surface area contributed by atoms with Crippen molar-refractivity contribution in [1.82, 2.24) is 4.90 Å². The van der Waals surface area contributed by atoms with Gasteiger partial charge in [-0.3, -0.25) is 24.5 Å². The van der Waals surface area contributed by atoms with Crippen LogP contribution in [0.4, 0.5) is 5.69 Å². The van der Waals surface area contributed by atoms with Crippen molar-refractivity contribution in [1.29, 1.82) is 0 Å². The van der Waals surface area contributed by atoms with Crippen LogP contribution in [-0.4, -0.2) is 39.0 Å². The molecule has 5 rings (SSSR count). The van der Waals surface area contributed by atoms with E-state index in [1.54, 1.807) is 12.1 Å². The maximum Gasteiger partial charge on any atom is 0.305 e. The number of allylic oxidation sites excluding steroid dienone is 4. The van der Waals surface area contributed by atoms with E-state index in [1.807, 2.05) is 56.9 Å². The summed E-state index contributed by atoms with van der Waals surface area (Å²) in [6.45, 7) is 8.50. The zero-order chi connectivity index (χ0) is 30.4. The highest BCUT2D eigenvalue weighted by Gasteiger charge is 2.49. The fraction of sp³-hybridized carbons (Fsp3) is 0.424. The lowest BCUT2D eigenvalue weighted by Gasteiger charge is -2.49. The molecule has 1 aliphatic heterocycles. The molecular weight excluding hydrogens is 536 g/mol. The van der Waals surface area contributed by atoms with Crippen LogP contribution in [0, 0.1) is 20.9 Å². The maximum atomic E-state index is 14.0. The van der Waals surface area contributed by atoms with E-state index in [-0.39, 0.29) is 47.7 Å². The van der Waals surface area contributed by atoms with E-state index in [0.29, 0.717) is 48.1 Å². The Bertz CT molecular complexity index is 1480. The standard InChI is InChI=1S/C33H36N2O7/c1-32(2)15-23-30(25(36)17-32)29(31-24(34(23)14-13-28(38)39)16-33(3,4)18-26(31)37)22-7-5-6-8-27(22)42-19-20-9-11-21(12-10-20)35(40)41/h5-12,29H,13-19H2,1-4H3,(H,38,39). The van der Waals surface area contributed by atoms with Crippen LogP contribution in [0.1, 0.15) is 76.8 Å². The number of aliphatic carboxylic acids is 1. The number of nitrogens with zero attached hydrogens (tertiary/aromatic N) is 2. The number of hydrogen-bond acceptors (Lipinski definition) is 7. The second kappa shape index (κ2) is 10.9. The minimum atomic E-state index is -0.936. The normalized spacial score (nSPS) is 19.9. The molecule has 0 bridgehead atoms. The SMILES string of the molecule is CC1(C)CC(=O)C2=C(C1)N(CCC(=O)O)C1=C(C(=O)CC(C)(C)C1)C2c1ccccc1OCc1ccc([N+](=O)[O-])cc1. The molecule has 2 aromatic rings. The molecule has 220 valence electrons. The Balaban J connectivity index is 1.63. The van der Waals surface area contributed by atoms with E-state index in [2.05, 4.69) is 0 Å². The van der Waals surface area contributed by atoms with Gasteiger partial charge >= 0.3 is 5.97 Å². The largest absolute Gasteiger partial charge is 0.489 e. The fourth-order valence-corrected chi connectivity index (χ4v) is 6.56. The number of nitro groups is 1. The molecule has 0 atom stereocenters. The summed E-state index contributed by atoms with van der Waals surface area (Å²) in [7, 11) is 0. The van der Waals surface area contributed by atoms with Crippen molar-refractivity contribution >= 4 is 23.2 Å². The first-order chi connectivity index (χ1) is 19.8.